The first-order valence-electron chi connectivity index (χ1n) is 8.55. The second kappa shape index (κ2) is 8.91. The Balaban J connectivity index is 1.89. The minimum absolute atomic E-state index is 0.0709. The van der Waals surface area contributed by atoms with Crippen LogP contribution in [0, 0.1) is 0 Å². The van der Waals surface area contributed by atoms with Gasteiger partial charge in [0.25, 0.3) is 0 Å². The molecule has 0 radical (unpaired) electrons. The van der Waals surface area contributed by atoms with Gasteiger partial charge in [-0.3, -0.25) is 0 Å². The van der Waals surface area contributed by atoms with Gasteiger partial charge in [-0.25, -0.2) is 0 Å². The average molecular weight is 445 g/mol. The number of benzene rings is 3. The van der Waals surface area contributed by atoms with Crippen molar-refractivity contribution in [3.63, 3.8) is 0 Å². The lowest BCUT2D eigenvalue weighted by Gasteiger charge is -2.12. The fourth-order valence-electron chi connectivity index (χ4n) is 2.58. The van der Waals surface area contributed by atoms with E-state index < -0.39 is 30.0 Å². The quantitative estimate of drug-likeness (QED) is 0.314. The largest absolute Gasteiger partial charge is 0.573 e. The predicted octanol–water partition coefficient (Wildman–Crippen LogP) is 6.62. The summed E-state index contributed by atoms with van der Waals surface area (Å²) in [5, 5.41) is 0. The Hall–Kier alpha value is -2.81. The molecule has 3 aromatic rings. The van der Waals surface area contributed by atoms with Crippen LogP contribution in [0.1, 0.15) is 0 Å². The zero-order valence-electron chi connectivity index (χ0n) is 15.2. The summed E-state index contributed by atoms with van der Waals surface area (Å²) in [4.78, 5) is 2.38. The molecule has 0 amide bonds. The SMILES string of the molecule is FC(F)(F)COc1ccc([S+](c2ccccc2)c2ccc(OC(F)(F)F)cc2)cc1. The van der Waals surface area contributed by atoms with Gasteiger partial charge in [0.15, 0.2) is 21.3 Å². The van der Waals surface area contributed by atoms with E-state index in [9.17, 15) is 26.3 Å². The predicted molar refractivity (Wildman–Crippen MR) is 99.7 cm³/mol. The molecule has 1 unspecified atom stereocenters. The molecule has 0 spiro atoms. The third-order valence-electron chi connectivity index (χ3n) is 3.73. The van der Waals surface area contributed by atoms with Gasteiger partial charge in [-0.05, 0) is 60.7 Å². The van der Waals surface area contributed by atoms with Crippen molar-refractivity contribution in [2.45, 2.75) is 27.2 Å². The molecule has 0 heterocycles. The molecule has 0 saturated carbocycles. The van der Waals surface area contributed by atoms with Crippen molar-refractivity contribution < 1.29 is 35.8 Å². The fraction of sp³-hybridized carbons (Fsp3) is 0.143. The highest BCUT2D eigenvalue weighted by Gasteiger charge is 2.33. The normalized spacial score (nSPS) is 13.0. The van der Waals surface area contributed by atoms with Crippen LogP contribution >= 0.6 is 0 Å². The summed E-state index contributed by atoms with van der Waals surface area (Å²) in [5.74, 6) is -0.264. The Morgan fingerprint density at radius 3 is 1.53 bits per heavy atom. The van der Waals surface area contributed by atoms with Gasteiger partial charge in [0, 0.05) is 0 Å². The van der Waals surface area contributed by atoms with Crippen LogP contribution in [0.3, 0.4) is 0 Å². The summed E-state index contributed by atoms with van der Waals surface area (Å²) in [5.41, 5.74) is 0. The van der Waals surface area contributed by atoms with Crippen molar-refractivity contribution in [1.82, 2.24) is 0 Å². The maximum absolute atomic E-state index is 12.4. The molecule has 0 fully saturated rings. The second-order valence-electron chi connectivity index (χ2n) is 6.01. The van der Waals surface area contributed by atoms with Crippen LogP contribution in [0.4, 0.5) is 26.3 Å². The molecule has 3 aromatic carbocycles. The van der Waals surface area contributed by atoms with Crippen molar-refractivity contribution in [2.24, 2.45) is 0 Å². The van der Waals surface area contributed by atoms with E-state index in [1.165, 1.54) is 36.4 Å². The van der Waals surface area contributed by atoms with Crippen LogP contribution in [-0.4, -0.2) is 19.1 Å². The number of hydrogen-bond donors (Lipinski definition) is 0. The standard InChI is InChI=1S/C21H15F6O2S/c22-20(23,24)14-28-15-6-10-18(11-7-15)30(17-4-2-1-3-5-17)19-12-8-16(9-13-19)29-21(25,26)27/h1-13H,14H2/q+1. The third kappa shape index (κ3) is 6.35. The van der Waals surface area contributed by atoms with Crippen LogP contribution in [0.5, 0.6) is 11.5 Å². The molecule has 3 rings (SSSR count). The van der Waals surface area contributed by atoms with E-state index in [1.807, 2.05) is 30.3 Å². The zero-order valence-corrected chi connectivity index (χ0v) is 16.0. The van der Waals surface area contributed by atoms with Crippen LogP contribution in [-0.2, 0) is 10.9 Å². The first-order valence-corrected chi connectivity index (χ1v) is 9.78. The first-order chi connectivity index (χ1) is 14.1. The lowest BCUT2D eigenvalue weighted by atomic mass is 10.3. The van der Waals surface area contributed by atoms with Crippen LogP contribution in [0.15, 0.2) is 93.5 Å². The minimum atomic E-state index is -4.78. The van der Waals surface area contributed by atoms with E-state index in [1.54, 1.807) is 12.1 Å². The Labute approximate surface area is 171 Å². The van der Waals surface area contributed by atoms with Gasteiger partial charge in [0.05, 0.1) is 10.9 Å². The Kier molecular flexibility index (Phi) is 6.50. The lowest BCUT2D eigenvalue weighted by molar-refractivity contribution is -0.274. The molecule has 1 atom stereocenters. The molecule has 0 aromatic heterocycles. The fourth-order valence-corrected chi connectivity index (χ4v) is 4.64. The summed E-state index contributed by atoms with van der Waals surface area (Å²) < 4.78 is 82.8. The number of alkyl halides is 6. The van der Waals surface area contributed by atoms with Crippen LogP contribution in [0.2, 0.25) is 0 Å². The van der Waals surface area contributed by atoms with Crippen LogP contribution < -0.4 is 9.47 Å². The van der Waals surface area contributed by atoms with E-state index in [0.29, 0.717) is 0 Å². The molecule has 0 aliphatic carbocycles. The van der Waals surface area contributed by atoms with E-state index in [-0.39, 0.29) is 11.5 Å². The van der Waals surface area contributed by atoms with Gasteiger partial charge in [-0.15, -0.1) is 13.2 Å². The van der Waals surface area contributed by atoms with Crippen molar-refractivity contribution in [3.05, 3.63) is 78.9 Å². The van der Waals surface area contributed by atoms with Gasteiger partial charge in [0.2, 0.25) is 0 Å². The highest BCUT2D eigenvalue weighted by molar-refractivity contribution is 7.97. The summed E-state index contributed by atoms with van der Waals surface area (Å²) >= 11 is 0. The maximum atomic E-state index is 12.4. The van der Waals surface area contributed by atoms with E-state index >= 15 is 0 Å². The summed E-state index contributed by atoms with van der Waals surface area (Å²) in [7, 11) is -0.690. The molecule has 9 heteroatoms. The van der Waals surface area contributed by atoms with Gasteiger partial charge in [-0.2, -0.15) is 13.2 Å². The summed E-state index contributed by atoms with van der Waals surface area (Å²) in [6.45, 7) is -1.39. The number of hydrogen-bond acceptors (Lipinski definition) is 2. The number of ether oxygens (including phenoxy) is 2. The molecular weight excluding hydrogens is 430 g/mol. The van der Waals surface area contributed by atoms with Crippen molar-refractivity contribution in [3.8, 4) is 11.5 Å². The molecule has 158 valence electrons. The van der Waals surface area contributed by atoms with Gasteiger partial charge < -0.3 is 9.47 Å². The second-order valence-corrected chi connectivity index (χ2v) is 8.04. The molecule has 2 nitrogen and oxygen atoms in total. The zero-order chi connectivity index (χ0) is 21.8. The van der Waals surface area contributed by atoms with E-state index in [2.05, 4.69) is 4.74 Å². The topological polar surface area (TPSA) is 18.5 Å². The highest BCUT2D eigenvalue weighted by atomic mass is 32.2. The third-order valence-corrected chi connectivity index (χ3v) is 5.96. The van der Waals surface area contributed by atoms with Crippen LogP contribution in [0.25, 0.3) is 0 Å². The summed E-state index contributed by atoms with van der Waals surface area (Å²) in [6.07, 6.45) is -9.22. The smallest absolute Gasteiger partial charge is 0.484 e. The van der Waals surface area contributed by atoms with Gasteiger partial charge in [-0.1, -0.05) is 18.2 Å². The van der Waals surface area contributed by atoms with Gasteiger partial charge in [0.1, 0.15) is 11.5 Å². The highest BCUT2D eigenvalue weighted by Crippen LogP contribution is 2.34. The molecule has 30 heavy (non-hydrogen) atoms. The molecule has 0 bridgehead atoms. The van der Waals surface area contributed by atoms with E-state index in [0.717, 1.165) is 14.7 Å². The Morgan fingerprint density at radius 1 is 0.600 bits per heavy atom. The number of rotatable bonds is 6. The average Bonchev–Trinajstić information content (AvgIpc) is 2.68. The maximum Gasteiger partial charge on any atom is 0.573 e. The Bertz CT molecular complexity index is 938. The van der Waals surface area contributed by atoms with Crippen molar-refractivity contribution >= 4 is 10.9 Å². The Morgan fingerprint density at radius 2 is 1.07 bits per heavy atom. The van der Waals surface area contributed by atoms with E-state index in [4.69, 9.17) is 4.74 Å². The molecular formula is C21H15F6O2S+. The number of halogens is 6. The monoisotopic (exact) mass is 445 g/mol. The molecule has 0 saturated heterocycles. The van der Waals surface area contributed by atoms with Crippen molar-refractivity contribution in [1.29, 1.82) is 0 Å². The summed E-state index contributed by atoms with van der Waals surface area (Å²) in [6, 6.07) is 20.9. The first kappa shape index (κ1) is 21.9. The molecule has 0 aliphatic rings. The molecule has 0 N–H and O–H groups in total. The molecule has 0 aliphatic heterocycles. The van der Waals surface area contributed by atoms with Gasteiger partial charge >= 0.3 is 12.5 Å². The van der Waals surface area contributed by atoms with Crippen molar-refractivity contribution in [2.75, 3.05) is 6.61 Å². The lowest BCUT2D eigenvalue weighted by Crippen LogP contribution is -2.19. The minimum Gasteiger partial charge on any atom is -0.484 e.